The number of allylic oxidation sites excluding steroid dienone is 2. The molecule has 0 amide bonds. The minimum absolute atomic E-state index is 0.728. The Bertz CT molecular complexity index is 2240. The van der Waals surface area contributed by atoms with Crippen LogP contribution in [0.2, 0.25) is 0 Å². The Morgan fingerprint density at radius 1 is 0.681 bits per heavy atom. The summed E-state index contributed by atoms with van der Waals surface area (Å²) in [6.07, 6.45) is 3.31. The van der Waals surface area contributed by atoms with Crippen LogP contribution in [0.15, 0.2) is 145 Å². The van der Waals surface area contributed by atoms with Crippen molar-refractivity contribution in [3.05, 3.63) is 183 Å². The van der Waals surface area contributed by atoms with E-state index in [9.17, 15) is 0 Å². The molecule has 0 aromatic heterocycles. The predicted molar refractivity (Wildman–Crippen MR) is 209 cm³/mol. The Kier molecular flexibility index (Phi) is 8.68. The molecule has 6 aromatic carbocycles. The van der Waals surface area contributed by atoms with Gasteiger partial charge in [0, 0.05) is 0 Å². The maximum absolute atomic E-state index is 4.45. The predicted octanol–water partition coefficient (Wildman–Crippen LogP) is 9.51. The number of fused-ring (bicyclic) bond motifs is 2. The summed E-state index contributed by atoms with van der Waals surface area (Å²) in [5.41, 5.74) is 10.6. The van der Waals surface area contributed by atoms with Crippen LogP contribution in [0.3, 0.4) is 0 Å². The fraction of sp³-hybridized carbons (Fsp3) is 0.156. The first-order valence-electron chi connectivity index (χ1n) is 17.0. The van der Waals surface area contributed by atoms with E-state index in [4.69, 9.17) is 0 Å². The van der Waals surface area contributed by atoms with E-state index in [1.165, 1.54) is 61.5 Å². The number of anilines is 1. The molecule has 0 aliphatic carbocycles. The van der Waals surface area contributed by atoms with Crippen molar-refractivity contribution >= 4 is 46.8 Å². The van der Waals surface area contributed by atoms with Crippen molar-refractivity contribution in [1.29, 1.82) is 0 Å². The van der Waals surface area contributed by atoms with Gasteiger partial charge in [0.2, 0.25) is 0 Å². The van der Waals surface area contributed by atoms with Gasteiger partial charge in [-0.1, -0.05) is 30.3 Å². The molecular weight excluding hydrogens is 585 g/mol. The molecule has 0 fully saturated rings. The van der Waals surface area contributed by atoms with Crippen molar-refractivity contribution in [2.75, 3.05) is 18.6 Å². The molecule has 0 spiro atoms. The first-order chi connectivity index (χ1) is 23.0. The Balaban J connectivity index is 1.27. The molecule has 7 rings (SSSR count). The molecule has 6 aromatic rings. The summed E-state index contributed by atoms with van der Waals surface area (Å²) >= 11 is 0. The van der Waals surface area contributed by atoms with E-state index in [1.807, 2.05) is 0 Å². The molecule has 1 N–H and O–H groups in total. The quantitative estimate of drug-likeness (QED) is 0.157. The van der Waals surface area contributed by atoms with Gasteiger partial charge in [-0.2, -0.15) is 0 Å². The van der Waals surface area contributed by atoms with Crippen LogP contribution in [-0.2, 0) is 13.0 Å². The SMILES string of the molecule is C=c1cccc/c1=C(\c1ccc2ccccc2c1)c1ccccc1CNc1ccccc1CC1=C(CCC)c2ccccc2[PH]1(C)C. The monoisotopic (exact) mass is 629 g/mol. The first kappa shape index (κ1) is 30.9. The zero-order chi connectivity index (χ0) is 32.4. The molecule has 0 atom stereocenters. The maximum atomic E-state index is 4.45. The van der Waals surface area contributed by atoms with Crippen LogP contribution in [0.5, 0.6) is 0 Å². The van der Waals surface area contributed by atoms with Gasteiger partial charge in [-0.25, -0.2) is 0 Å². The third-order valence-electron chi connectivity index (χ3n) is 10.0. The number of rotatable bonds is 9. The van der Waals surface area contributed by atoms with Crippen molar-refractivity contribution < 1.29 is 0 Å². The molecule has 1 aliphatic heterocycles. The third-order valence-corrected chi connectivity index (χ3v) is 13.8. The van der Waals surface area contributed by atoms with Gasteiger partial charge in [0.25, 0.3) is 0 Å². The summed E-state index contributed by atoms with van der Waals surface area (Å²) in [5, 5.41) is 11.9. The molecule has 0 saturated heterocycles. The summed E-state index contributed by atoms with van der Waals surface area (Å²) < 4.78 is 0. The van der Waals surface area contributed by atoms with E-state index in [1.54, 1.807) is 16.2 Å². The van der Waals surface area contributed by atoms with Gasteiger partial charge in [0.05, 0.1) is 0 Å². The van der Waals surface area contributed by atoms with E-state index < -0.39 is 7.26 Å². The van der Waals surface area contributed by atoms with E-state index in [0.29, 0.717) is 0 Å². The van der Waals surface area contributed by atoms with E-state index in [2.05, 4.69) is 172 Å². The van der Waals surface area contributed by atoms with Crippen molar-refractivity contribution in [3.63, 3.8) is 0 Å². The molecule has 0 unspecified atom stereocenters. The van der Waals surface area contributed by atoms with E-state index >= 15 is 0 Å². The normalized spacial score (nSPS) is 15.0. The number of nitrogens with one attached hydrogen (secondary N) is 1. The van der Waals surface area contributed by atoms with Crippen LogP contribution >= 0.6 is 7.26 Å². The molecule has 0 saturated carbocycles. The van der Waals surface area contributed by atoms with Gasteiger partial charge >= 0.3 is 246 Å². The fourth-order valence-corrected chi connectivity index (χ4v) is 11.0. The second-order valence-electron chi connectivity index (χ2n) is 13.3. The van der Waals surface area contributed by atoms with Crippen LogP contribution in [0, 0.1) is 0 Å². The molecule has 1 nitrogen and oxygen atoms in total. The summed E-state index contributed by atoms with van der Waals surface area (Å²) in [4.78, 5) is 0. The van der Waals surface area contributed by atoms with Crippen molar-refractivity contribution in [1.82, 2.24) is 0 Å². The average molecular weight is 630 g/mol. The zero-order valence-electron chi connectivity index (χ0n) is 27.8. The molecule has 47 heavy (non-hydrogen) atoms. The van der Waals surface area contributed by atoms with Gasteiger partial charge in [-0.3, -0.25) is 0 Å². The second kappa shape index (κ2) is 13.2. The molecule has 2 heteroatoms. The van der Waals surface area contributed by atoms with Crippen LogP contribution in [0.25, 0.3) is 28.5 Å². The Labute approximate surface area is 280 Å². The number of hydrogen-bond donors (Lipinski definition) is 1. The van der Waals surface area contributed by atoms with E-state index in [-0.39, 0.29) is 0 Å². The first-order valence-corrected chi connectivity index (χ1v) is 20.0. The average Bonchev–Trinajstić information content (AvgIpc) is 3.31. The van der Waals surface area contributed by atoms with Crippen molar-refractivity contribution in [2.24, 2.45) is 0 Å². The van der Waals surface area contributed by atoms with Crippen molar-refractivity contribution in [3.8, 4) is 0 Å². The van der Waals surface area contributed by atoms with Gasteiger partial charge < -0.3 is 0 Å². The molecular formula is C45H44NP. The van der Waals surface area contributed by atoms with Crippen LogP contribution in [-0.4, -0.2) is 13.3 Å². The fourth-order valence-electron chi connectivity index (χ4n) is 7.57. The second-order valence-corrected chi connectivity index (χ2v) is 17.7. The molecule has 0 radical (unpaired) electrons. The summed E-state index contributed by atoms with van der Waals surface area (Å²) in [6.45, 7) is 12.6. The Hall–Kier alpha value is -4.71. The van der Waals surface area contributed by atoms with Crippen LogP contribution in [0.4, 0.5) is 5.69 Å². The zero-order valence-corrected chi connectivity index (χ0v) is 28.8. The van der Waals surface area contributed by atoms with Gasteiger partial charge in [0.1, 0.15) is 0 Å². The summed E-state index contributed by atoms with van der Waals surface area (Å²) in [6, 6.07) is 50.9. The van der Waals surface area contributed by atoms with Gasteiger partial charge in [-0.15, -0.1) is 0 Å². The standard InChI is InChI=1S/C45H44NP/c1-5-16-40-41-24-13-15-26-43(41)47(3,4)44(40)30-35-20-10-14-25-42(35)46-31-37-21-9-12-23-39(37)45(38-22-11-6-17-32(38)2)36-28-27-33-18-7-8-19-34(33)29-36/h6-15,17-29,46-47H,2,5,16,30-31H2,1,3-4H3/b45-38-. The topological polar surface area (TPSA) is 12.0 Å². The van der Waals surface area contributed by atoms with Gasteiger partial charge in [-0.05, 0) is 5.39 Å². The van der Waals surface area contributed by atoms with Crippen molar-refractivity contribution in [2.45, 2.75) is 32.7 Å². The third kappa shape index (κ3) is 5.97. The summed E-state index contributed by atoms with van der Waals surface area (Å²) in [7, 11) is -1.76. The van der Waals surface area contributed by atoms with Gasteiger partial charge in [0.15, 0.2) is 0 Å². The molecule has 1 heterocycles. The number of para-hydroxylation sites is 1. The molecule has 1 aliphatic rings. The number of hydrogen-bond acceptors (Lipinski definition) is 1. The Morgan fingerprint density at radius 3 is 2.19 bits per heavy atom. The van der Waals surface area contributed by atoms with Crippen LogP contribution < -0.4 is 21.1 Å². The van der Waals surface area contributed by atoms with Crippen LogP contribution in [0.1, 0.15) is 47.6 Å². The molecule has 0 bridgehead atoms. The van der Waals surface area contributed by atoms with E-state index in [0.717, 1.165) is 24.6 Å². The number of benzene rings is 6. The summed E-state index contributed by atoms with van der Waals surface area (Å²) in [5.74, 6) is 0. The minimum atomic E-state index is -1.76. The Morgan fingerprint density at radius 2 is 1.36 bits per heavy atom. The molecule has 234 valence electrons.